The number of halogens is 1. The highest BCUT2D eigenvalue weighted by atomic mass is 35.5. The number of carbonyl (C=O) groups is 1. The van der Waals surface area contributed by atoms with Crippen molar-refractivity contribution in [1.82, 2.24) is 4.98 Å². The Hall–Kier alpha value is -2.79. The van der Waals surface area contributed by atoms with Crippen LogP contribution >= 0.6 is 11.6 Å². The summed E-state index contributed by atoms with van der Waals surface area (Å²) in [6.45, 7) is 2.00. The Bertz CT molecular complexity index is 991. The lowest BCUT2D eigenvalue weighted by Gasteiger charge is -2.17. The highest BCUT2D eigenvalue weighted by Gasteiger charge is 2.18. The largest absolute Gasteiger partial charge is 0.488 e. The number of hydrogen-bond donors (Lipinski definition) is 1. The molecule has 0 aliphatic carbocycles. The van der Waals surface area contributed by atoms with Gasteiger partial charge in [-0.25, -0.2) is 4.98 Å². The normalized spacial score (nSPS) is 13.2. The van der Waals surface area contributed by atoms with Crippen molar-refractivity contribution in [2.45, 2.75) is 6.92 Å². The minimum Gasteiger partial charge on any atom is -0.488 e. The van der Waals surface area contributed by atoms with Crippen LogP contribution in [-0.2, 0) is 4.79 Å². The number of rotatable bonds is 2. The maximum Gasteiger partial charge on any atom is 0.255 e. The highest BCUT2D eigenvalue weighted by molar-refractivity contribution is 6.30. The Morgan fingerprint density at radius 3 is 3.00 bits per heavy atom. The summed E-state index contributed by atoms with van der Waals surface area (Å²) in [5.41, 5.74) is 3.37. The summed E-state index contributed by atoms with van der Waals surface area (Å²) in [7, 11) is 0. The Kier molecular flexibility index (Phi) is 3.50. The van der Waals surface area contributed by atoms with Crippen molar-refractivity contribution >= 4 is 40.4 Å². The number of oxazole rings is 1. The molecule has 6 heteroatoms. The van der Waals surface area contributed by atoms with Gasteiger partial charge in [0.15, 0.2) is 11.5 Å². The molecule has 0 bridgehead atoms. The third kappa shape index (κ3) is 2.74. The van der Waals surface area contributed by atoms with Gasteiger partial charge in [-0.2, -0.15) is 0 Å². The zero-order chi connectivity index (χ0) is 16.7. The quantitative estimate of drug-likeness (QED) is 0.759. The third-order valence-corrected chi connectivity index (χ3v) is 3.96. The number of hydrogen-bond acceptors (Lipinski definition) is 4. The van der Waals surface area contributed by atoms with Crippen molar-refractivity contribution < 1.29 is 13.9 Å². The Balaban J connectivity index is 1.59. The average molecular weight is 341 g/mol. The van der Waals surface area contributed by atoms with Gasteiger partial charge in [0.2, 0.25) is 0 Å². The van der Waals surface area contributed by atoms with E-state index in [0.29, 0.717) is 33.3 Å². The smallest absolute Gasteiger partial charge is 0.255 e. The van der Waals surface area contributed by atoms with E-state index in [1.807, 2.05) is 0 Å². The molecule has 1 aliphatic heterocycles. The average Bonchev–Trinajstić information content (AvgIpc) is 2.93. The molecular formula is C18H13ClN2O3. The molecule has 5 nitrogen and oxygen atoms in total. The lowest BCUT2D eigenvalue weighted by molar-refractivity contribution is -0.113. The van der Waals surface area contributed by atoms with Crippen molar-refractivity contribution in [2.24, 2.45) is 0 Å². The summed E-state index contributed by atoms with van der Waals surface area (Å²) in [4.78, 5) is 16.7. The van der Waals surface area contributed by atoms with Crippen LogP contribution in [0.5, 0.6) is 5.75 Å². The van der Waals surface area contributed by atoms with Crippen LogP contribution in [-0.4, -0.2) is 17.5 Å². The fourth-order valence-electron chi connectivity index (χ4n) is 2.61. The summed E-state index contributed by atoms with van der Waals surface area (Å²) in [6, 6.07) is 10.7. The monoisotopic (exact) mass is 340 g/mol. The topological polar surface area (TPSA) is 64.4 Å². The molecule has 3 aromatic rings. The first kappa shape index (κ1) is 14.8. The molecule has 0 atom stereocenters. The van der Waals surface area contributed by atoms with E-state index in [4.69, 9.17) is 20.8 Å². The number of carbonyl (C=O) groups excluding carboxylic acids is 1. The number of ether oxygens (including phenoxy) is 1. The molecule has 1 aromatic heterocycles. The van der Waals surface area contributed by atoms with Gasteiger partial charge < -0.3 is 14.5 Å². The van der Waals surface area contributed by atoms with E-state index >= 15 is 0 Å². The SMILES string of the molecule is Cc1nc2cc(NC(=O)C3=Cc4cc(Cl)ccc4OC3)ccc2o1. The molecule has 1 N–H and O–H groups in total. The third-order valence-electron chi connectivity index (χ3n) is 3.73. The molecule has 1 aliphatic rings. The van der Waals surface area contributed by atoms with Gasteiger partial charge in [0.05, 0.1) is 5.57 Å². The maximum atomic E-state index is 12.5. The first-order valence-corrected chi connectivity index (χ1v) is 7.78. The Morgan fingerprint density at radius 2 is 2.12 bits per heavy atom. The van der Waals surface area contributed by atoms with E-state index in [9.17, 15) is 4.79 Å². The van der Waals surface area contributed by atoms with Crippen molar-refractivity contribution in [3.8, 4) is 5.75 Å². The summed E-state index contributed by atoms with van der Waals surface area (Å²) in [5.74, 6) is 1.08. The predicted octanol–water partition coefficient (Wildman–Crippen LogP) is 4.20. The van der Waals surface area contributed by atoms with Gasteiger partial charge in [-0.3, -0.25) is 4.79 Å². The molecule has 0 saturated heterocycles. The minimum atomic E-state index is -0.222. The number of fused-ring (bicyclic) bond motifs is 2. The van der Waals surface area contributed by atoms with Crippen molar-refractivity contribution in [3.05, 3.63) is 58.4 Å². The summed E-state index contributed by atoms with van der Waals surface area (Å²) < 4.78 is 11.0. The number of nitrogens with zero attached hydrogens (tertiary/aromatic N) is 1. The Labute approximate surface area is 142 Å². The van der Waals surface area contributed by atoms with Crippen molar-refractivity contribution in [1.29, 1.82) is 0 Å². The van der Waals surface area contributed by atoms with Crippen LogP contribution in [0.25, 0.3) is 17.2 Å². The zero-order valence-electron chi connectivity index (χ0n) is 12.8. The van der Waals surface area contributed by atoms with E-state index < -0.39 is 0 Å². The van der Waals surface area contributed by atoms with E-state index in [0.717, 1.165) is 11.3 Å². The molecule has 4 rings (SSSR count). The first-order valence-electron chi connectivity index (χ1n) is 7.40. The van der Waals surface area contributed by atoms with Crippen LogP contribution in [0.4, 0.5) is 5.69 Å². The van der Waals surface area contributed by atoms with Crippen LogP contribution in [0.15, 0.2) is 46.4 Å². The van der Waals surface area contributed by atoms with Crippen LogP contribution in [0.3, 0.4) is 0 Å². The molecule has 0 spiro atoms. The second-order valence-corrected chi connectivity index (χ2v) is 5.95. The van der Waals surface area contributed by atoms with Crippen molar-refractivity contribution in [2.75, 3.05) is 11.9 Å². The maximum absolute atomic E-state index is 12.5. The molecule has 120 valence electrons. The summed E-state index contributed by atoms with van der Waals surface area (Å²) >= 11 is 5.99. The molecule has 24 heavy (non-hydrogen) atoms. The van der Waals surface area contributed by atoms with E-state index in [2.05, 4.69) is 10.3 Å². The number of aryl methyl sites for hydroxylation is 1. The molecule has 2 heterocycles. The molecule has 1 amide bonds. The van der Waals surface area contributed by atoms with Gasteiger partial charge in [0.25, 0.3) is 5.91 Å². The van der Waals surface area contributed by atoms with E-state index in [-0.39, 0.29) is 12.5 Å². The highest BCUT2D eigenvalue weighted by Crippen LogP contribution is 2.29. The lowest BCUT2D eigenvalue weighted by atomic mass is 10.1. The molecule has 2 aromatic carbocycles. The molecular weight excluding hydrogens is 328 g/mol. The first-order chi connectivity index (χ1) is 11.6. The lowest BCUT2D eigenvalue weighted by Crippen LogP contribution is -2.21. The molecule has 0 saturated carbocycles. The van der Waals surface area contributed by atoms with Crippen LogP contribution < -0.4 is 10.1 Å². The van der Waals surface area contributed by atoms with Gasteiger partial charge in [0.1, 0.15) is 17.9 Å². The van der Waals surface area contributed by atoms with Crippen LogP contribution in [0.2, 0.25) is 5.02 Å². The van der Waals surface area contributed by atoms with Crippen molar-refractivity contribution in [3.63, 3.8) is 0 Å². The van der Waals surface area contributed by atoms with Gasteiger partial charge in [-0.05, 0) is 42.5 Å². The standard InChI is InChI=1S/C18H13ClN2O3/c1-10-20-15-8-14(3-5-17(15)24-10)21-18(22)12-6-11-7-13(19)2-4-16(11)23-9-12/h2-8H,9H2,1H3,(H,21,22). The number of anilines is 1. The minimum absolute atomic E-state index is 0.214. The fraction of sp³-hybridized carbons (Fsp3) is 0.111. The molecule has 0 fully saturated rings. The summed E-state index contributed by atoms with van der Waals surface area (Å²) in [6.07, 6.45) is 1.79. The zero-order valence-corrected chi connectivity index (χ0v) is 13.6. The molecule has 0 unspecified atom stereocenters. The van der Waals surface area contributed by atoms with Gasteiger partial charge in [-0.1, -0.05) is 11.6 Å². The number of aromatic nitrogens is 1. The number of nitrogens with one attached hydrogen (secondary N) is 1. The van der Waals surface area contributed by atoms with Crippen LogP contribution in [0.1, 0.15) is 11.5 Å². The predicted molar refractivity (Wildman–Crippen MR) is 92.3 cm³/mol. The van der Waals surface area contributed by atoms with Gasteiger partial charge >= 0.3 is 0 Å². The van der Waals surface area contributed by atoms with Gasteiger partial charge in [-0.15, -0.1) is 0 Å². The molecule has 0 radical (unpaired) electrons. The fourth-order valence-corrected chi connectivity index (χ4v) is 2.79. The van der Waals surface area contributed by atoms with E-state index in [1.165, 1.54) is 0 Å². The van der Waals surface area contributed by atoms with E-state index in [1.54, 1.807) is 49.4 Å². The second kappa shape index (κ2) is 5.69. The number of amides is 1. The second-order valence-electron chi connectivity index (χ2n) is 5.51. The number of benzene rings is 2. The Morgan fingerprint density at radius 1 is 1.25 bits per heavy atom. The van der Waals surface area contributed by atoms with Crippen LogP contribution in [0, 0.1) is 6.92 Å². The van der Waals surface area contributed by atoms with Gasteiger partial charge in [0, 0.05) is 23.2 Å². The summed E-state index contributed by atoms with van der Waals surface area (Å²) in [5, 5.41) is 3.46.